The van der Waals surface area contributed by atoms with Crippen LogP contribution in [0.25, 0.3) is 0 Å². The average molecular weight is 304 g/mol. The molecule has 0 heterocycles. The van der Waals surface area contributed by atoms with E-state index < -0.39 is 24.0 Å². The summed E-state index contributed by atoms with van der Waals surface area (Å²) in [5.74, 6) is -2.94. The summed E-state index contributed by atoms with van der Waals surface area (Å²) in [5, 5.41) is 3.76. The highest BCUT2D eigenvalue weighted by Crippen LogP contribution is 2.14. The maximum Gasteiger partial charge on any atom is 0.471 e. The number of likely N-dealkylation sites (N-methyl/N-ethyl adjacent to an activating group) is 1. The second kappa shape index (κ2) is 7.63. The first-order chi connectivity index (χ1) is 9.84. The molecule has 1 aromatic rings. The van der Waals surface area contributed by atoms with Crippen LogP contribution in [0, 0.1) is 0 Å². The highest BCUT2D eigenvalue weighted by atomic mass is 19.4. The molecule has 0 bridgehead atoms. The number of halogens is 3. The Bertz CT molecular complexity index is 477. The average Bonchev–Trinajstić information content (AvgIpc) is 2.45. The molecule has 0 aliphatic heterocycles. The zero-order valence-corrected chi connectivity index (χ0v) is 11.2. The Morgan fingerprint density at radius 1 is 1.24 bits per heavy atom. The van der Waals surface area contributed by atoms with Crippen LogP contribution < -0.4 is 10.6 Å². The molecule has 21 heavy (non-hydrogen) atoms. The largest absolute Gasteiger partial charge is 0.471 e. The van der Waals surface area contributed by atoms with Crippen LogP contribution in [0.1, 0.15) is 5.56 Å². The van der Waals surface area contributed by atoms with Gasteiger partial charge in [0.1, 0.15) is 6.04 Å². The minimum Gasteiger partial charge on any atom is -0.374 e. The Morgan fingerprint density at radius 3 is 2.38 bits per heavy atom. The van der Waals surface area contributed by atoms with Gasteiger partial charge in [0.25, 0.3) is 0 Å². The van der Waals surface area contributed by atoms with Crippen molar-refractivity contribution in [1.82, 2.24) is 10.6 Å². The number of hydrogen-bond donors (Lipinski definition) is 2. The van der Waals surface area contributed by atoms with Crippen LogP contribution >= 0.6 is 0 Å². The van der Waals surface area contributed by atoms with Crippen LogP contribution in [-0.4, -0.2) is 37.7 Å². The summed E-state index contributed by atoms with van der Waals surface area (Å²) in [7, 11) is 1.26. The van der Waals surface area contributed by atoms with E-state index in [0.29, 0.717) is 0 Å². The molecule has 5 nitrogen and oxygen atoms in total. The fourth-order valence-corrected chi connectivity index (χ4v) is 1.47. The molecule has 1 atom stereocenters. The summed E-state index contributed by atoms with van der Waals surface area (Å²) >= 11 is 0. The first-order valence-electron chi connectivity index (χ1n) is 6.05. The zero-order chi connectivity index (χ0) is 15.9. The maximum absolute atomic E-state index is 12.2. The second-order valence-corrected chi connectivity index (χ2v) is 4.14. The molecule has 0 saturated heterocycles. The zero-order valence-electron chi connectivity index (χ0n) is 11.2. The van der Waals surface area contributed by atoms with Gasteiger partial charge in [-0.2, -0.15) is 13.2 Å². The quantitative estimate of drug-likeness (QED) is 0.824. The van der Waals surface area contributed by atoms with Gasteiger partial charge < -0.3 is 15.4 Å². The van der Waals surface area contributed by atoms with Gasteiger partial charge in [0.05, 0.1) is 13.2 Å². The normalized spacial score (nSPS) is 12.6. The third-order valence-corrected chi connectivity index (χ3v) is 2.52. The van der Waals surface area contributed by atoms with Crippen molar-refractivity contribution in [2.24, 2.45) is 0 Å². The SMILES string of the molecule is CNC(=O)[C@H](COCc1ccccc1)NC(=O)C(F)(F)F. The van der Waals surface area contributed by atoms with Crippen molar-refractivity contribution in [3.63, 3.8) is 0 Å². The Morgan fingerprint density at radius 2 is 1.86 bits per heavy atom. The van der Waals surface area contributed by atoms with Crippen molar-refractivity contribution in [2.75, 3.05) is 13.7 Å². The Kier molecular flexibility index (Phi) is 6.16. The number of hydrogen-bond acceptors (Lipinski definition) is 3. The molecule has 8 heteroatoms. The van der Waals surface area contributed by atoms with Crippen molar-refractivity contribution < 1.29 is 27.5 Å². The molecule has 0 aliphatic carbocycles. The highest BCUT2D eigenvalue weighted by molar-refractivity contribution is 5.89. The van der Waals surface area contributed by atoms with E-state index in [4.69, 9.17) is 4.74 Å². The van der Waals surface area contributed by atoms with Gasteiger partial charge in [0, 0.05) is 7.05 Å². The highest BCUT2D eigenvalue weighted by Gasteiger charge is 2.40. The van der Waals surface area contributed by atoms with Crippen molar-refractivity contribution >= 4 is 11.8 Å². The number of carbonyl (C=O) groups is 2. The Balaban J connectivity index is 2.55. The van der Waals surface area contributed by atoms with E-state index in [2.05, 4.69) is 5.32 Å². The minimum atomic E-state index is -5.05. The molecule has 116 valence electrons. The van der Waals surface area contributed by atoms with Crippen molar-refractivity contribution in [3.8, 4) is 0 Å². The van der Waals surface area contributed by atoms with E-state index in [1.807, 2.05) is 0 Å². The van der Waals surface area contributed by atoms with Gasteiger partial charge in [-0.3, -0.25) is 9.59 Å². The lowest BCUT2D eigenvalue weighted by Gasteiger charge is -2.18. The van der Waals surface area contributed by atoms with Crippen molar-refractivity contribution in [1.29, 1.82) is 0 Å². The fraction of sp³-hybridized carbons (Fsp3) is 0.385. The molecule has 1 aromatic carbocycles. The maximum atomic E-state index is 12.2. The summed E-state index contributed by atoms with van der Waals surface area (Å²) in [6.45, 7) is -0.243. The minimum absolute atomic E-state index is 0.121. The standard InChI is InChI=1S/C13H15F3N2O3/c1-17-11(19)10(18-12(20)13(14,15)16)8-21-7-9-5-3-2-4-6-9/h2-6,10H,7-8H2,1H3,(H,17,19)(H,18,20)/t10-/m0/s1. The number of amides is 2. The third-order valence-electron chi connectivity index (χ3n) is 2.52. The molecule has 0 unspecified atom stereocenters. The number of carbonyl (C=O) groups excluding carboxylic acids is 2. The molecule has 0 radical (unpaired) electrons. The molecule has 0 aromatic heterocycles. The van der Waals surface area contributed by atoms with Gasteiger partial charge in [0.15, 0.2) is 0 Å². The lowest BCUT2D eigenvalue weighted by Crippen LogP contribution is -2.52. The van der Waals surface area contributed by atoms with Crippen LogP contribution in [0.2, 0.25) is 0 Å². The number of nitrogens with one attached hydrogen (secondary N) is 2. The van der Waals surface area contributed by atoms with Crippen molar-refractivity contribution in [2.45, 2.75) is 18.8 Å². The smallest absolute Gasteiger partial charge is 0.374 e. The van der Waals surface area contributed by atoms with Gasteiger partial charge in [-0.1, -0.05) is 30.3 Å². The van der Waals surface area contributed by atoms with Gasteiger partial charge in [0.2, 0.25) is 5.91 Å². The van der Waals surface area contributed by atoms with E-state index in [1.165, 1.54) is 7.05 Å². The molecular formula is C13H15F3N2O3. The molecule has 0 spiro atoms. The lowest BCUT2D eigenvalue weighted by atomic mass is 10.2. The number of alkyl halides is 3. The predicted octanol–water partition coefficient (Wildman–Crippen LogP) is 0.996. The van der Waals surface area contributed by atoms with Crippen molar-refractivity contribution in [3.05, 3.63) is 35.9 Å². The Labute approximate surface area is 119 Å². The van der Waals surface area contributed by atoms with Crippen LogP contribution in [0.3, 0.4) is 0 Å². The molecular weight excluding hydrogens is 289 g/mol. The van der Waals surface area contributed by atoms with E-state index in [-0.39, 0.29) is 13.2 Å². The fourth-order valence-electron chi connectivity index (χ4n) is 1.47. The second-order valence-electron chi connectivity index (χ2n) is 4.14. The van der Waals surface area contributed by atoms with E-state index >= 15 is 0 Å². The third kappa shape index (κ3) is 5.82. The number of benzene rings is 1. The van der Waals surface area contributed by atoms with E-state index in [9.17, 15) is 22.8 Å². The molecule has 1 rings (SSSR count). The monoisotopic (exact) mass is 304 g/mol. The van der Waals surface area contributed by atoms with Gasteiger partial charge >= 0.3 is 12.1 Å². The molecule has 0 saturated carbocycles. The van der Waals surface area contributed by atoms with Gasteiger partial charge in [-0.25, -0.2) is 0 Å². The molecule has 2 amide bonds. The predicted molar refractivity (Wildman–Crippen MR) is 68.2 cm³/mol. The lowest BCUT2D eigenvalue weighted by molar-refractivity contribution is -0.175. The van der Waals surface area contributed by atoms with E-state index in [1.54, 1.807) is 35.6 Å². The number of rotatable bonds is 6. The first kappa shape index (κ1) is 17.0. The van der Waals surface area contributed by atoms with Gasteiger partial charge in [-0.15, -0.1) is 0 Å². The van der Waals surface area contributed by atoms with Crippen LogP contribution in [0.15, 0.2) is 30.3 Å². The summed E-state index contributed by atoms with van der Waals surface area (Å²) in [6.07, 6.45) is -5.05. The summed E-state index contributed by atoms with van der Waals surface area (Å²) in [5.41, 5.74) is 0.801. The summed E-state index contributed by atoms with van der Waals surface area (Å²) in [6, 6.07) is 7.49. The summed E-state index contributed by atoms with van der Waals surface area (Å²) in [4.78, 5) is 22.3. The van der Waals surface area contributed by atoms with Crippen LogP contribution in [-0.2, 0) is 20.9 Å². The topological polar surface area (TPSA) is 67.4 Å². The number of ether oxygens (including phenoxy) is 1. The molecule has 2 N–H and O–H groups in total. The van der Waals surface area contributed by atoms with E-state index in [0.717, 1.165) is 5.56 Å². The van der Waals surface area contributed by atoms with Gasteiger partial charge in [-0.05, 0) is 5.56 Å². The molecule has 0 aliphatic rings. The van der Waals surface area contributed by atoms with Crippen LogP contribution in [0.5, 0.6) is 0 Å². The first-order valence-corrected chi connectivity index (χ1v) is 6.05. The molecule has 0 fully saturated rings. The summed E-state index contributed by atoms with van der Waals surface area (Å²) < 4.78 is 41.7. The van der Waals surface area contributed by atoms with Crippen LogP contribution in [0.4, 0.5) is 13.2 Å². The Hall–Kier alpha value is -2.09.